The molecule has 182 valence electrons. The maximum Gasteiger partial charge on any atom is 0.331 e. The molecule has 9 nitrogen and oxygen atoms in total. The molecule has 2 fully saturated rings. The molecular formula is C23H33N3O6S. The van der Waals surface area contributed by atoms with Crippen molar-refractivity contribution >= 4 is 27.8 Å². The predicted molar refractivity (Wildman–Crippen MR) is 122 cm³/mol. The minimum absolute atomic E-state index is 0.0101. The van der Waals surface area contributed by atoms with E-state index in [1.807, 2.05) is 0 Å². The summed E-state index contributed by atoms with van der Waals surface area (Å²) in [6.07, 6.45) is 3.77. The average Bonchev–Trinajstić information content (AvgIpc) is 2.84. The Morgan fingerprint density at radius 1 is 0.970 bits per heavy atom. The van der Waals surface area contributed by atoms with Gasteiger partial charge in [0.25, 0.3) is 0 Å². The fraction of sp³-hybridized carbons (Fsp3) is 0.609. The van der Waals surface area contributed by atoms with Gasteiger partial charge in [-0.05, 0) is 31.9 Å². The van der Waals surface area contributed by atoms with Gasteiger partial charge in [0.15, 0.2) is 0 Å². The van der Waals surface area contributed by atoms with Gasteiger partial charge in [0.05, 0.1) is 11.5 Å². The van der Waals surface area contributed by atoms with Gasteiger partial charge in [-0.2, -0.15) is 4.31 Å². The molecule has 0 atom stereocenters. The summed E-state index contributed by atoms with van der Waals surface area (Å²) in [4.78, 5) is 39.5. The van der Waals surface area contributed by atoms with Gasteiger partial charge in [-0.15, -0.1) is 0 Å². The Labute approximate surface area is 195 Å². The van der Waals surface area contributed by atoms with E-state index in [2.05, 4.69) is 5.32 Å². The van der Waals surface area contributed by atoms with Crippen LogP contribution in [0.1, 0.15) is 51.9 Å². The lowest BCUT2D eigenvalue weighted by Crippen LogP contribution is -2.56. The van der Waals surface area contributed by atoms with Gasteiger partial charge < -0.3 is 15.0 Å². The average molecular weight is 480 g/mol. The van der Waals surface area contributed by atoms with E-state index in [1.165, 1.54) is 4.31 Å². The number of ether oxygens (including phenoxy) is 1. The SMILES string of the molecule is CCOC(=O)C1(NC(=O)CCC(=O)N2CCN(S(=O)(=O)c3ccccc3)CC2)CCCCC1. The summed E-state index contributed by atoms with van der Waals surface area (Å²) in [6, 6.07) is 8.23. The summed E-state index contributed by atoms with van der Waals surface area (Å²) in [5.41, 5.74) is -0.994. The number of hydrogen-bond donors (Lipinski definition) is 1. The van der Waals surface area contributed by atoms with E-state index in [4.69, 9.17) is 4.74 Å². The van der Waals surface area contributed by atoms with E-state index in [-0.39, 0.29) is 62.3 Å². The molecule has 33 heavy (non-hydrogen) atoms. The molecule has 0 radical (unpaired) electrons. The Balaban J connectivity index is 1.49. The number of carbonyl (C=O) groups excluding carboxylic acids is 3. The minimum Gasteiger partial charge on any atom is -0.464 e. The van der Waals surface area contributed by atoms with Crippen molar-refractivity contribution in [2.45, 2.75) is 62.3 Å². The number of piperazine rings is 1. The highest BCUT2D eigenvalue weighted by Crippen LogP contribution is 2.29. The fourth-order valence-electron chi connectivity index (χ4n) is 4.43. The number of amides is 2. The van der Waals surface area contributed by atoms with Crippen molar-refractivity contribution in [1.82, 2.24) is 14.5 Å². The molecule has 2 amide bonds. The quantitative estimate of drug-likeness (QED) is 0.568. The second-order valence-electron chi connectivity index (χ2n) is 8.51. The minimum atomic E-state index is -3.59. The molecule has 10 heteroatoms. The Bertz CT molecular complexity index is 936. The highest BCUT2D eigenvalue weighted by atomic mass is 32.2. The Morgan fingerprint density at radius 3 is 2.21 bits per heavy atom. The first-order valence-corrected chi connectivity index (χ1v) is 13.0. The third kappa shape index (κ3) is 6.11. The van der Waals surface area contributed by atoms with E-state index in [0.717, 1.165) is 19.3 Å². The standard InChI is InChI=1S/C23H33N3O6S/c1-2-32-22(29)23(13-7-4-8-14-23)24-20(27)11-12-21(28)25-15-17-26(18-16-25)33(30,31)19-9-5-3-6-10-19/h3,5-6,9-10H,2,4,7-8,11-18H2,1H3,(H,24,27). The molecule has 1 N–H and O–H groups in total. The third-order valence-electron chi connectivity index (χ3n) is 6.29. The molecule has 0 spiro atoms. The fourth-order valence-corrected chi connectivity index (χ4v) is 5.88. The van der Waals surface area contributed by atoms with Crippen LogP contribution in [0.3, 0.4) is 0 Å². The Kier molecular flexibility index (Phi) is 8.47. The number of benzene rings is 1. The van der Waals surface area contributed by atoms with E-state index in [0.29, 0.717) is 12.8 Å². The van der Waals surface area contributed by atoms with Crippen LogP contribution in [0.15, 0.2) is 35.2 Å². The first-order chi connectivity index (χ1) is 15.8. The molecule has 1 aliphatic carbocycles. The van der Waals surface area contributed by atoms with Crippen LogP contribution in [-0.2, 0) is 29.1 Å². The van der Waals surface area contributed by atoms with Crippen LogP contribution in [0.2, 0.25) is 0 Å². The van der Waals surface area contributed by atoms with Gasteiger partial charge in [0.1, 0.15) is 5.54 Å². The van der Waals surface area contributed by atoms with E-state index < -0.39 is 21.5 Å². The topological polar surface area (TPSA) is 113 Å². The molecule has 0 aromatic heterocycles. The number of nitrogens with one attached hydrogen (secondary N) is 1. The first-order valence-electron chi connectivity index (χ1n) is 11.6. The van der Waals surface area contributed by atoms with Crippen molar-refractivity contribution in [2.75, 3.05) is 32.8 Å². The zero-order valence-electron chi connectivity index (χ0n) is 19.1. The Morgan fingerprint density at radius 2 is 1.61 bits per heavy atom. The van der Waals surface area contributed by atoms with Gasteiger partial charge in [0.2, 0.25) is 21.8 Å². The summed E-state index contributed by atoms with van der Waals surface area (Å²) in [7, 11) is -3.59. The monoisotopic (exact) mass is 479 g/mol. The van der Waals surface area contributed by atoms with Crippen LogP contribution < -0.4 is 5.32 Å². The molecule has 1 aromatic carbocycles. The summed E-state index contributed by atoms with van der Waals surface area (Å²) < 4.78 is 32.0. The number of rotatable bonds is 8. The third-order valence-corrected chi connectivity index (χ3v) is 8.20. The number of carbonyl (C=O) groups is 3. The van der Waals surface area contributed by atoms with Crippen LogP contribution >= 0.6 is 0 Å². The van der Waals surface area contributed by atoms with Crippen LogP contribution in [0.25, 0.3) is 0 Å². The molecule has 0 bridgehead atoms. The van der Waals surface area contributed by atoms with Crippen LogP contribution in [0.4, 0.5) is 0 Å². The van der Waals surface area contributed by atoms with Crippen molar-refractivity contribution in [3.8, 4) is 0 Å². The van der Waals surface area contributed by atoms with Crippen molar-refractivity contribution in [3.05, 3.63) is 30.3 Å². The molecule has 1 saturated carbocycles. The van der Waals surface area contributed by atoms with Gasteiger partial charge in [-0.25, -0.2) is 13.2 Å². The normalized spacial score (nSPS) is 19.0. The van der Waals surface area contributed by atoms with Gasteiger partial charge >= 0.3 is 5.97 Å². The predicted octanol–water partition coefficient (Wildman–Crippen LogP) is 1.68. The zero-order chi connectivity index (χ0) is 23.9. The lowest BCUT2D eigenvalue weighted by Gasteiger charge is -2.36. The van der Waals surface area contributed by atoms with Gasteiger partial charge in [-0.1, -0.05) is 37.5 Å². The van der Waals surface area contributed by atoms with E-state index in [9.17, 15) is 22.8 Å². The van der Waals surface area contributed by atoms with E-state index in [1.54, 1.807) is 42.2 Å². The molecule has 1 aromatic rings. The van der Waals surface area contributed by atoms with Crippen LogP contribution in [-0.4, -0.2) is 73.7 Å². The van der Waals surface area contributed by atoms with Crippen molar-refractivity contribution < 1.29 is 27.5 Å². The van der Waals surface area contributed by atoms with Crippen molar-refractivity contribution in [2.24, 2.45) is 0 Å². The first kappa shape index (κ1) is 25.2. The number of esters is 1. The molecule has 1 aliphatic heterocycles. The second-order valence-corrected chi connectivity index (χ2v) is 10.4. The van der Waals surface area contributed by atoms with Gasteiger partial charge in [-0.3, -0.25) is 9.59 Å². The number of sulfonamides is 1. The summed E-state index contributed by atoms with van der Waals surface area (Å²) in [6.45, 7) is 2.96. The maximum absolute atomic E-state index is 12.7. The number of nitrogens with zero attached hydrogens (tertiary/aromatic N) is 2. The molecular weight excluding hydrogens is 446 g/mol. The summed E-state index contributed by atoms with van der Waals surface area (Å²) in [5.74, 6) is -0.945. The second kappa shape index (κ2) is 11.1. The lowest BCUT2D eigenvalue weighted by molar-refractivity contribution is -0.155. The summed E-state index contributed by atoms with van der Waals surface area (Å²) in [5, 5.41) is 2.85. The molecule has 1 heterocycles. The lowest BCUT2D eigenvalue weighted by atomic mass is 9.81. The molecule has 1 saturated heterocycles. The largest absolute Gasteiger partial charge is 0.464 e. The maximum atomic E-state index is 12.7. The zero-order valence-corrected chi connectivity index (χ0v) is 19.9. The summed E-state index contributed by atoms with van der Waals surface area (Å²) >= 11 is 0. The van der Waals surface area contributed by atoms with Crippen molar-refractivity contribution in [1.29, 1.82) is 0 Å². The highest BCUT2D eigenvalue weighted by molar-refractivity contribution is 7.89. The van der Waals surface area contributed by atoms with Crippen LogP contribution in [0.5, 0.6) is 0 Å². The number of hydrogen-bond acceptors (Lipinski definition) is 6. The molecule has 3 rings (SSSR count). The van der Waals surface area contributed by atoms with E-state index >= 15 is 0 Å². The molecule has 2 aliphatic rings. The highest BCUT2D eigenvalue weighted by Gasteiger charge is 2.42. The van der Waals surface area contributed by atoms with Crippen molar-refractivity contribution in [3.63, 3.8) is 0 Å². The van der Waals surface area contributed by atoms with Crippen LogP contribution in [0, 0.1) is 0 Å². The smallest absolute Gasteiger partial charge is 0.331 e. The van der Waals surface area contributed by atoms with Gasteiger partial charge in [0, 0.05) is 39.0 Å². The Hall–Kier alpha value is -2.46. The molecule has 0 unspecified atom stereocenters.